The molecule has 0 aromatic carbocycles. The van der Waals surface area contributed by atoms with Crippen molar-refractivity contribution in [1.29, 1.82) is 0 Å². The van der Waals surface area contributed by atoms with Gasteiger partial charge in [0.1, 0.15) is 0 Å². The van der Waals surface area contributed by atoms with E-state index in [1.54, 1.807) is 11.3 Å². The third-order valence-electron chi connectivity index (χ3n) is 4.08. The number of hydrogen-bond donors (Lipinski definition) is 2. The monoisotopic (exact) mass is 300 g/mol. The number of halogens is 1. The van der Waals surface area contributed by atoms with Crippen LogP contribution in [-0.2, 0) is 12.8 Å². The Morgan fingerprint density at radius 3 is 2.68 bits per heavy atom. The minimum absolute atomic E-state index is 0. The summed E-state index contributed by atoms with van der Waals surface area (Å²) < 4.78 is 0. The van der Waals surface area contributed by atoms with Gasteiger partial charge >= 0.3 is 0 Å². The first-order valence-corrected chi connectivity index (χ1v) is 7.72. The van der Waals surface area contributed by atoms with Crippen molar-refractivity contribution in [2.45, 2.75) is 57.0 Å². The Morgan fingerprint density at radius 1 is 1.26 bits per heavy atom. The van der Waals surface area contributed by atoms with Crippen LogP contribution in [-0.4, -0.2) is 18.0 Å². The van der Waals surface area contributed by atoms with Crippen LogP contribution in [0.1, 0.15) is 52.2 Å². The van der Waals surface area contributed by atoms with Gasteiger partial charge in [0, 0.05) is 17.0 Å². The molecule has 0 bridgehead atoms. The molecule has 1 heterocycles. The van der Waals surface area contributed by atoms with E-state index < -0.39 is 0 Å². The van der Waals surface area contributed by atoms with Crippen LogP contribution in [0.5, 0.6) is 0 Å². The van der Waals surface area contributed by atoms with Crippen molar-refractivity contribution < 1.29 is 4.79 Å². The second-order valence-electron chi connectivity index (χ2n) is 5.50. The smallest absolute Gasteiger partial charge is 0.261 e. The lowest BCUT2D eigenvalue weighted by Crippen LogP contribution is -2.40. The number of rotatable bonds is 2. The van der Waals surface area contributed by atoms with E-state index in [0.717, 1.165) is 43.4 Å². The van der Waals surface area contributed by atoms with Gasteiger partial charge in [-0.3, -0.25) is 4.79 Å². The van der Waals surface area contributed by atoms with Crippen molar-refractivity contribution in [3.63, 3.8) is 0 Å². The zero-order valence-electron chi connectivity index (χ0n) is 11.0. The molecule has 0 unspecified atom stereocenters. The molecule has 0 atom stereocenters. The van der Waals surface area contributed by atoms with Gasteiger partial charge in [-0.1, -0.05) is 0 Å². The Bertz CT molecular complexity index is 431. The average Bonchev–Trinajstić information content (AvgIpc) is 2.92. The number of carbonyl (C=O) groups excluding carboxylic acids is 1. The summed E-state index contributed by atoms with van der Waals surface area (Å²) in [5, 5.41) is 3.16. The molecule has 0 aliphatic heterocycles. The van der Waals surface area contributed by atoms with Gasteiger partial charge in [-0.15, -0.1) is 23.7 Å². The van der Waals surface area contributed by atoms with E-state index in [0.29, 0.717) is 12.1 Å². The van der Waals surface area contributed by atoms with Crippen molar-refractivity contribution in [3.05, 3.63) is 21.4 Å². The van der Waals surface area contributed by atoms with Crippen LogP contribution in [0.15, 0.2) is 6.07 Å². The van der Waals surface area contributed by atoms with E-state index in [1.807, 2.05) is 0 Å². The van der Waals surface area contributed by atoms with Crippen LogP contribution in [0.25, 0.3) is 0 Å². The highest BCUT2D eigenvalue weighted by atomic mass is 35.5. The maximum atomic E-state index is 12.2. The number of amides is 1. The summed E-state index contributed by atoms with van der Waals surface area (Å²) in [5.74, 6) is 0.120. The van der Waals surface area contributed by atoms with Gasteiger partial charge in [0.2, 0.25) is 0 Å². The molecule has 1 amide bonds. The van der Waals surface area contributed by atoms with Gasteiger partial charge in [-0.2, -0.15) is 0 Å². The van der Waals surface area contributed by atoms with Gasteiger partial charge in [-0.05, 0) is 56.6 Å². The molecule has 0 radical (unpaired) electrons. The van der Waals surface area contributed by atoms with E-state index >= 15 is 0 Å². The summed E-state index contributed by atoms with van der Waals surface area (Å²) in [5.41, 5.74) is 7.28. The SMILES string of the molecule is Cl.NC1CCC(NC(=O)c2cc3c(s2)CCC3)CC1. The van der Waals surface area contributed by atoms with Crippen molar-refractivity contribution in [1.82, 2.24) is 5.32 Å². The molecular formula is C14H21ClN2OS. The largest absolute Gasteiger partial charge is 0.349 e. The maximum Gasteiger partial charge on any atom is 0.261 e. The molecule has 1 fully saturated rings. The average molecular weight is 301 g/mol. The summed E-state index contributed by atoms with van der Waals surface area (Å²) in [6.45, 7) is 0. The van der Waals surface area contributed by atoms with Crippen molar-refractivity contribution >= 4 is 29.7 Å². The number of fused-ring (bicyclic) bond motifs is 1. The zero-order chi connectivity index (χ0) is 12.5. The summed E-state index contributed by atoms with van der Waals surface area (Å²) >= 11 is 1.68. The van der Waals surface area contributed by atoms with Crippen molar-refractivity contribution in [3.8, 4) is 0 Å². The number of thiophene rings is 1. The molecule has 1 saturated carbocycles. The standard InChI is InChI=1S/C14H20N2OS.ClH/c15-10-4-6-11(7-5-10)16-14(17)13-8-9-2-1-3-12(9)18-13;/h8,10-11H,1-7,15H2,(H,16,17);1H. The molecule has 1 aromatic heterocycles. The first-order valence-electron chi connectivity index (χ1n) is 6.90. The molecule has 3 N–H and O–H groups in total. The van der Waals surface area contributed by atoms with E-state index in [2.05, 4.69) is 11.4 Å². The summed E-state index contributed by atoms with van der Waals surface area (Å²) in [4.78, 5) is 14.5. The highest BCUT2D eigenvalue weighted by Gasteiger charge is 2.23. The Hall–Kier alpha value is -0.580. The summed E-state index contributed by atoms with van der Waals surface area (Å²) in [6.07, 6.45) is 7.68. The molecule has 2 aliphatic carbocycles. The minimum atomic E-state index is 0. The van der Waals surface area contributed by atoms with E-state index in [9.17, 15) is 4.79 Å². The first kappa shape index (κ1) is 14.8. The fourth-order valence-corrected chi connectivity index (χ4v) is 4.12. The van der Waals surface area contributed by atoms with E-state index in [1.165, 1.54) is 16.9 Å². The molecule has 2 aliphatic rings. The molecule has 3 nitrogen and oxygen atoms in total. The van der Waals surface area contributed by atoms with Crippen LogP contribution >= 0.6 is 23.7 Å². The molecule has 1 aromatic rings. The highest BCUT2D eigenvalue weighted by molar-refractivity contribution is 7.14. The molecule has 3 rings (SSSR count). The lowest BCUT2D eigenvalue weighted by molar-refractivity contribution is 0.0930. The van der Waals surface area contributed by atoms with Crippen LogP contribution in [0.3, 0.4) is 0 Å². The number of carbonyl (C=O) groups is 1. The Morgan fingerprint density at radius 2 is 2.00 bits per heavy atom. The Balaban J connectivity index is 0.00000133. The fraction of sp³-hybridized carbons (Fsp3) is 0.643. The fourth-order valence-electron chi connectivity index (χ4n) is 2.96. The van der Waals surface area contributed by atoms with Crippen LogP contribution in [0.4, 0.5) is 0 Å². The summed E-state index contributed by atoms with van der Waals surface area (Å²) in [6, 6.07) is 2.76. The normalized spacial score (nSPS) is 25.5. The van der Waals surface area contributed by atoms with Crippen LogP contribution < -0.4 is 11.1 Å². The quantitative estimate of drug-likeness (QED) is 0.882. The van der Waals surface area contributed by atoms with E-state index in [-0.39, 0.29) is 18.3 Å². The van der Waals surface area contributed by atoms with E-state index in [4.69, 9.17) is 5.73 Å². The van der Waals surface area contributed by atoms with Crippen molar-refractivity contribution in [2.75, 3.05) is 0 Å². The molecule has 0 saturated heterocycles. The maximum absolute atomic E-state index is 12.2. The van der Waals surface area contributed by atoms with Gasteiger partial charge in [-0.25, -0.2) is 0 Å². The van der Waals surface area contributed by atoms with Gasteiger partial charge in [0.05, 0.1) is 4.88 Å². The Labute approximate surface area is 124 Å². The number of aryl methyl sites for hydroxylation is 2. The number of nitrogens with two attached hydrogens (primary N) is 1. The zero-order valence-corrected chi connectivity index (χ0v) is 12.6. The molecule has 0 spiro atoms. The lowest BCUT2D eigenvalue weighted by atomic mass is 9.92. The third-order valence-corrected chi connectivity index (χ3v) is 5.31. The van der Waals surface area contributed by atoms with Crippen molar-refractivity contribution in [2.24, 2.45) is 5.73 Å². The van der Waals surface area contributed by atoms with Crippen LogP contribution in [0, 0.1) is 0 Å². The molecule has 106 valence electrons. The van der Waals surface area contributed by atoms with Gasteiger partial charge in [0.15, 0.2) is 0 Å². The topological polar surface area (TPSA) is 55.1 Å². The summed E-state index contributed by atoms with van der Waals surface area (Å²) in [7, 11) is 0. The van der Waals surface area contributed by atoms with Gasteiger partial charge < -0.3 is 11.1 Å². The predicted molar refractivity (Wildman–Crippen MR) is 81.3 cm³/mol. The molecule has 19 heavy (non-hydrogen) atoms. The number of hydrogen-bond acceptors (Lipinski definition) is 3. The second kappa shape index (κ2) is 6.25. The molecule has 5 heteroatoms. The second-order valence-corrected chi connectivity index (χ2v) is 6.63. The van der Waals surface area contributed by atoms with Gasteiger partial charge in [0.25, 0.3) is 5.91 Å². The lowest BCUT2D eigenvalue weighted by Gasteiger charge is -2.26. The first-order chi connectivity index (χ1) is 8.72. The minimum Gasteiger partial charge on any atom is -0.349 e. The highest BCUT2D eigenvalue weighted by Crippen LogP contribution is 2.30. The Kier molecular flexibility index (Phi) is 4.87. The van der Waals surface area contributed by atoms with Crippen LogP contribution in [0.2, 0.25) is 0 Å². The predicted octanol–water partition coefficient (Wildman–Crippen LogP) is 2.66. The third kappa shape index (κ3) is 3.30. The molecular weight excluding hydrogens is 280 g/mol. The number of nitrogens with one attached hydrogen (secondary N) is 1.